The molecule has 0 saturated heterocycles. The van der Waals surface area contributed by atoms with Crippen LogP contribution in [0, 0.1) is 11.7 Å². The molecular weight excluding hydrogens is 672 g/mol. The summed E-state index contributed by atoms with van der Waals surface area (Å²) >= 11 is 13.1. The smallest absolute Gasteiger partial charge is 0.261 e. The van der Waals surface area contributed by atoms with Gasteiger partial charge >= 0.3 is 0 Å². The van der Waals surface area contributed by atoms with Gasteiger partial charge in [-0.3, -0.25) is 4.79 Å². The number of carbonyl (C=O) groups is 1. The van der Waals surface area contributed by atoms with Crippen molar-refractivity contribution in [2.75, 3.05) is 6.61 Å². The van der Waals surface area contributed by atoms with E-state index in [4.69, 9.17) is 27.6 Å². The highest BCUT2D eigenvalue weighted by molar-refractivity contribution is 6.99. The van der Waals surface area contributed by atoms with Gasteiger partial charge in [0.1, 0.15) is 5.82 Å². The highest BCUT2D eigenvalue weighted by Gasteiger charge is 2.53. The monoisotopic (exact) mass is 717 g/mol. The van der Waals surface area contributed by atoms with Crippen LogP contribution in [0.15, 0.2) is 91.0 Å². The topological polar surface area (TPSA) is 49.8 Å². The van der Waals surface area contributed by atoms with E-state index >= 15 is 4.39 Å². The number of rotatable bonds is 9. The molecule has 0 spiro atoms. The molecule has 4 aromatic carbocycles. The van der Waals surface area contributed by atoms with Gasteiger partial charge in [-0.1, -0.05) is 117 Å². The minimum Gasteiger partial charge on any atom is -0.405 e. The standard InChI is InChI=1S/C41H46Cl2FNO3Si/c1-26-30-20-21-37(44)39(32-23-34(32)41(5,6)47)31(30)22-27(45(26)38(46)24-33-35(42)18-13-19-36(33)43)25-48-49(40(2,3)4,28-14-9-7-10-15-28)29-16-11-8-12-17-29/h7-21,26-27,32,34,47H,22-25H2,1-6H3/t26-,27+,32+,34+/m0/s1. The molecule has 0 radical (unpaired) electrons. The molecule has 1 N–H and O–H groups in total. The predicted octanol–water partition coefficient (Wildman–Crippen LogP) is 8.64. The Labute approximate surface area is 301 Å². The first kappa shape index (κ1) is 35.8. The van der Waals surface area contributed by atoms with E-state index < -0.39 is 20.0 Å². The molecule has 258 valence electrons. The summed E-state index contributed by atoms with van der Waals surface area (Å²) in [5.41, 5.74) is 2.21. The largest absolute Gasteiger partial charge is 0.405 e. The van der Waals surface area contributed by atoms with Gasteiger partial charge in [0.25, 0.3) is 8.32 Å². The fourth-order valence-electron chi connectivity index (χ4n) is 8.25. The van der Waals surface area contributed by atoms with Crippen molar-refractivity contribution in [2.24, 2.45) is 5.92 Å². The lowest BCUT2D eigenvalue weighted by atomic mass is 9.83. The third-order valence-electron chi connectivity index (χ3n) is 10.7. The maximum atomic E-state index is 15.9. The van der Waals surface area contributed by atoms with Crippen LogP contribution in [0.2, 0.25) is 15.1 Å². The lowest BCUT2D eigenvalue weighted by Gasteiger charge is -2.47. The Bertz CT molecular complexity index is 1760. The number of benzene rings is 4. The number of amides is 1. The Morgan fingerprint density at radius 1 is 0.898 bits per heavy atom. The quantitative estimate of drug-likeness (QED) is 0.176. The first-order chi connectivity index (χ1) is 23.1. The normalized spacial score (nSPS) is 21.0. The zero-order chi connectivity index (χ0) is 35.3. The van der Waals surface area contributed by atoms with Gasteiger partial charge in [0, 0.05) is 10.0 Å². The van der Waals surface area contributed by atoms with Gasteiger partial charge in [-0.2, -0.15) is 0 Å². The second kappa shape index (κ2) is 13.6. The molecule has 4 atom stereocenters. The molecule has 1 fully saturated rings. The van der Waals surface area contributed by atoms with Crippen LogP contribution in [0.1, 0.15) is 82.2 Å². The van der Waals surface area contributed by atoms with E-state index in [2.05, 4.69) is 69.3 Å². The van der Waals surface area contributed by atoms with Gasteiger partial charge < -0.3 is 14.4 Å². The van der Waals surface area contributed by atoms with E-state index in [-0.39, 0.29) is 47.7 Å². The van der Waals surface area contributed by atoms with Crippen LogP contribution in [0.5, 0.6) is 0 Å². The van der Waals surface area contributed by atoms with E-state index in [0.29, 0.717) is 27.6 Å². The van der Waals surface area contributed by atoms with Crippen LogP contribution in [-0.2, 0) is 22.1 Å². The molecule has 49 heavy (non-hydrogen) atoms. The summed E-state index contributed by atoms with van der Waals surface area (Å²) in [6.07, 6.45) is 1.19. The van der Waals surface area contributed by atoms with Gasteiger partial charge in [-0.05, 0) is 101 Å². The van der Waals surface area contributed by atoms with Crippen molar-refractivity contribution in [3.63, 3.8) is 0 Å². The molecule has 1 heterocycles. The average molecular weight is 719 g/mol. The van der Waals surface area contributed by atoms with Gasteiger partial charge in [-0.15, -0.1) is 0 Å². The minimum absolute atomic E-state index is 0.0300. The van der Waals surface area contributed by atoms with Crippen molar-refractivity contribution in [1.82, 2.24) is 4.90 Å². The van der Waals surface area contributed by atoms with Crippen LogP contribution in [0.3, 0.4) is 0 Å². The number of fused-ring (bicyclic) bond motifs is 1. The SMILES string of the molecule is C[C@H]1c2ccc(F)c([C@@H]3C[C@H]3C(C)(C)O)c2C[C@H](CO[Si](c2ccccc2)(c2ccccc2)C(C)(C)C)N1C(=O)Cc1c(Cl)cccc1Cl. The maximum Gasteiger partial charge on any atom is 0.261 e. The first-order valence-electron chi connectivity index (χ1n) is 17.2. The first-order valence-corrected chi connectivity index (χ1v) is 19.8. The van der Waals surface area contributed by atoms with Gasteiger partial charge in [0.15, 0.2) is 0 Å². The number of hydrogen-bond acceptors (Lipinski definition) is 3. The van der Waals surface area contributed by atoms with Crippen molar-refractivity contribution in [1.29, 1.82) is 0 Å². The fourth-order valence-corrected chi connectivity index (χ4v) is 13.4. The van der Waals surface area contributed by atoms with Crippen LogP contribution >= 0.6 is 23.2 Å². The molecule has 2 aliphatic rings. The van der Waals surface area contributed by atoms with Crippen LogP contribution in [0.25, 0.3) is 0 Å². The molecular formula is C41H46Cl2FNO3Si. The number of carbonyl (C=O) groups excluding carboxylic acids is 1. The summed E-state index contributed by atoms with van der Waals surface area (Å²) in [5.74, 6) is -0.477. The van der Waals surface area contributed by atoms with Crippen LogP contribution < -0.4 is 10.4 Å². The molecule has 0 unspecified atom stereocenters. The number of hydrogen-bond donors (Lipinski definition) is 1. The van der Waals surface area contributed by atoms with Crippen molar-refractivity contribution >= 4 is 47.8 Å². The van der Waals surface area contributed by atoms with Crippen molar-refractivity contribution < 1.29 is 18.7 Å². The van der Waals surface area contributed by atoms with Crippen LogP contribution in [-0.4, -0.2) is 42.5 Å². The molecule has 1 saturated carbocycles. The summed E-state index contributed by atoms with van der Waals surface area (Å²) in [7, 11) is -2.96. The van der Waals surface area contributed by atoms with Crippen LogP contribution in [0.4, 0.5) is 4.39 Å². The summed E-state index contributed by atoms with van der Waals surface area (Å²) in [4.78, 5) is 16.4. The zero-order valence-electron chi connectivity index (χ0n) is 29.1. The third-order valence-corrected chi connectivity index (χ3v) is 16.4. The van der Waals surface area contributed by atoms with Crippen molar-refractivity contribution in [2.45, 2.75) is 89.4 Å². The Hall–Kier alpha value is -3.00. The van der Waals surface area contributed by atoms with Crippen molar-refractivity contribution in [3.05, 3.63) is 129 Å². The van der Waals surface area contributed by atoms with E-state index in [0.717, 1.165) is 27.9 Å². The summed E-state index contributed by atoms with van der Waals surface area (Å²) in [5, 5.41) is 13.8. The summed E-state index contributed by atoms with van der Waals surface area (Å²) in [6.45, 7) is 12.6. The third kappa shape index (κ3) is 6.75. The van der Waals surface area contributed by atoms with E-state index in [1.807, 2.05) is 30.0 Å². The van der Waals surface area contributed by atoms with Gasteiger partial charge in [0.2, 0.25) is 5.91 Å². The summed E-state index contributed by atoms with van der Waals surface area (Å²) in [6, 6.07) is 28.8. The lowest BCUT2D eigenvalue weighted by molar-refractivity contribution is -0.137. The molecule has 4 aromatic rings. The second-order valence-corrected chi connectivity index (χ2v) is 20.4. The highest BCUT2D eigenvalue weighted by atomic mass is 35.5. The van der Waals surface area contributed by atoms with Crippen molar-refractivity contribution in [3.8, 4) is 0 Å². The molecule has 0 bridgehead atoms. The fraction of sp³-hybridized carbons (Fsp3) is 0.390. The molecule has 1 aliphatic carbocycles. The number of nitrogens with zero attached hydrogens (tertiary/aromatic N) is 1. The number of aliphatic hydroxyl groups is 1. The minimum atomic E-state index is -2.96. The van der Waals surface area contributed by atoms with Gasteiger partial charge in [-0.25, -0.2) is 4.39 Å². The molecule has 6 rings (SSSR count). The molecule has 0 aromatic heterocycles. The van der Waals surface area contributed by atoms with E-state index in [9.17, 15) is 9.90 Å². The summed E-state index contributed by atoms with van der Waals surface area (Å²) < 4.78 is 23.3. The molecule has 1 amide bonds. The van der Waals surface area contributed by atoms with E-state index in [1.165, 1.54) is 6.07 Å². The zero-order valence-corrected chi connectivity index (χ0v) is 31.7. The highest BCUT2D eigenvalue weighted by Crippen LogP contribution is 2.56. The molecule has 8 heteroatoms. The average Bonchev–Trinajstić information content (AvgIpc) is 3.85. The number of halogens is 3. The Morgan fingerprint density at radius 3 is 1.98 bits per heavy atom. The molecule has 1 aliphatic heterocycles. The second-order valence-electron chi connectivity index (χ2n) is 15.3. The Morgan fingerprint density at radius 2 is 1.47 bits per heavy atom. The predicted molar refractivity (Wildman–Crippen MR) is 200 cm³/mol. The molecule has 4 nitrogen and oxygen atoms in total. The Kier molecular flexibility index (Phi) is 9.95. The van der Waals surface area contributed by atoms with Gasteiger partial charge in [0.05, 0.1) is 30.7 Å². The van der Waals surface area contributed by atoms with E-state index in [1.54, 1.807) is 32.0 Å². The maximum absolute atomic E-state index is 15.9. The Balaban J connectivity index is 1.45. The lowest BCUT2D eigenvalue weighted by Crippen LogP contribution is -2.67.